The van der Waals surface area contributed by atoms with Crippen molar-refractivity contribution in [2.75, 3.05) is 20.1 Å². The smallest absolute Gasteiger partial charge is 0.234 e. The number of carbonyl (C=O) groups excluding carboxylic acids is 1. The van der Waals surface area contributed by atoms with Gasteiger partial charge >= 0.3 is 0 Å². The highest BCUT2D eigenvalue weighted by Crippen LogP contribution is 2.03. The van der Waals surface area contributed by atoms with E-state index in [-0.39, 0.29) is 18.3 Å². The molecule has 0 fully saturated rings. The van der Waals surface area contributed by atoms with Crippen LogP contribution in [-0.2, 0) is 11.3 Å². The third kappa shape index (κ3) is 6.88. The largest absolute Gasteiger partial charge is 0.389 e. The van der Waals surface area contributed by atoms with E-state index in [1.54, 1.807) is 37.9 Å². The molecule has 1 aromatic rings. The van der Waals surface area contributed by atoms with Crippen LogP contribution in [0.3, 0.4) is 0 Å². The van der Waals surface area contributed by atoms with Gasteiger partial charge in [0, 0.05) is 13.1 Å². The first-order valence-electron chi connectivity index (χ1n) is 6.18. The van der Waals surface area contributed by atoms with Crippen molar-refractivity contribution in [3.8, 4) is 0 Å². The molecule has 2 N–H and O–H groups in total. The summed E-state index contributed by atoms with van der Waals surface area (Å²) in [5, 5.41) is 12.4. The van der Waals surface area contributed by atoms with Crippen LogP contribution in [0.2, 0.25) is 0 Å². The monoisotopic (exact) mass is 268 g/mol. The van der Waals surface area contributed by atoms with Gasteiger partial charge in [-0.05, 0) is 38.6 Å². The third-order valence-electron chi connectivity index (χ3n) is 2.47. The van der Waals surface area contributed by atoms with E-state index in [4.69, 9.17) is 0 Å². The highest BCUT2D eigenvalue weighted by molar-refractivity contribution is 5.77. The summed E-state index contributed by atoms with van der Waals surface area (Å²) >= 11 is 0. The predicted octanol–water partition coefficient (Wildman–Crippen LogP) is 1.14. The van der Waals surface area contributed by atoms with Crippen molar-refractivity contribution in [1.29, 1.82) is 0 Å². The molecule has 0 unspecified atom stereocenters. The van der Waals surface area contributed by atoms with Gasteiger partial charge in [0.1, 0.15) is 5.82 Å². The Bertz CT molecular complexity index is 412. The Morgan fingerprint density at radius 3 is 2.47 bits per heavy atom. The van der Waals surface area contributed by atoms with E-state index in [1.807, 2.05) is 0 Å². The number of nitrogens with one attached hydrogen (secondary N) is 1. The van der Waals surface area contributed by atoms with Gasteiger partial charge in [-0.15, -0.1) is 0 Å². The van der Waals surface area contributed by atoms with Gasteiger partial charge in [0.25, 0.3) is 0 Å². The lowest BCUT2D eigenvalue weighted by Crippen LogP contribution is -2.41. The molecule has 0 atom stereocenters. The highest BCUT2D eigenvalue weighted by Gasteiger charge is 2.17. The molecule has 4 nitrogen and oxygen atoms in total. The molecule has 0 aliphatic heterocycles. The van der Waals surface area contributed by atoms with E-state index in [2.05, 4.69) is 5.32 Å². The Hall–Kier alpha value is -1.46. The van der Waals surface area contributed by atoms with Gasteiger partial charge in [-0.3, -0.25) is 9.69 Å². The summed E-state index contributed by atoms with van der Waals surface area (Å²) in [4.78, 5) is 13.4. The first-order valence-corrected chi connectivity index (χ1v) is 6.18. The minimum Gasteiger partial charge on any atom is -0.389 e. The molecule has 1 amide bonds. The maximum Gasteiger partial charge on any atom is 0.234 e. The molecule has 0 saturated carbocycles. The van der Waals surface area contributed by atoms with Crippen molar-refractivity contribution in [2.24, 2.45) is 0 Å². The van der Waals surface area contributed by atoms with E-state index < -0.39 is 5.60 Å². The Labute approximate surface area is 113 Å². The van der Waals surface area contributed by atoms with Crippen LogP contribution >= 0.6 is 0 Å². The molecule has 1 aromatic carbocycles. The molecule has 0 heterocycles. The third-order valence-corrected chi connectivity index (χ3v) is 2.47. The van der Waals surface area contributed by atoms with Crippen LogP contribution in [0, 0.1) is 5.82 Å². The van der Waals surface area contributed by atoms with Crippen molar-refractivity contribution >= 4 is 5.91 Å². The quantitative estimate of drug-likeness (QED) is 0.813. The number of benzene rings is 1. The Balaban J connectivity index is 2.33. The second-order valence-corrected chi connectivity index (χ2v) is 5.39. The number of nitrogens with zero attached hydrogens (tertiary/aromatic N) is 1. The number of likely N-dealkylation sites (N-methyl/N-ethyl adjacent to an activating group) is 1. The lowest BCUT2D eigenvalue weighted by atomic mass is 10.1. The molecule has 0 bridgehead atoms. The summed E-state index contributed by atoms with van der Waals surface area (Å²) in [5.41, 5.74) is 0.0197. The number of aliphatic hydroxyl groups is 1. The number of halogens is 1. The number of hydrogen-bond acceptors (Lipinski definition) is 3. The van der Waals surface area contributed by atoms with Crippen molar-refractivity contribution in [1.82, 2.24) is 10.2 Å². The van der Waals surface area contributed by atoms with Crippen LogP contribution in [0.15, 0.2) is 24.3 Å². The Morgan fingerprint density at radius 2 is 1.95 bits per heavy atom. The summed E-state index contributed by atoms with van der Waals surface area (Å²) in [6.45, 7) is 4.39. The maximum absolute atomic E-state index is 12.7. The standard InChI is InChI=1S/C14H21FN2O2/c1-14(2,19)10-17(3)9-13(18)16-8-11-4-6-12(15)7-5-11/h4-7,19H,8-10H2,1-3H3,(H,16,18). The molecule has 0 aliphatic rings. The zero-order chi connectivity index (χ0) is 14.5. The zero-order valence-electron chi connectivity index (χ0n) is 11.6. The first-order chi connectivity index (χ1) is 8.76. The summed E-state index contributed by atoms with van der Waals surface area (Å²) < 4.78 is 12.7. The van der Waals surface area contributed by atoms with Crippen molar-refractivity contribution in [3.63, 3.8) is 0 Å². The molecule has 5 heteroatoms. The van der Waals surface area contributed by atoms with Gasteiger partial charge in [0.05, 0.1) is 12.1 Å². The average molecular weight is 268 g/mol. The zero-order valence-corrected chi connectivity index (χ0v) is 11.6. The Kier molecular flexibility index (Phi) is 5.44. The molecule has 0 aromatic heterocycles. The van der Waals surface area contributed by atoms with Crippen LogP contribution in [0.1, 0.15) is 19.4 Å². The normalized spacial score (nSPS) is 11.7. The number of rotatable bonds is 6. The van der Waals surface area contributed by atoms with Crippen molar-refractivity contribution < 1.29 is 14.3 Å². The van der Waals surface area contributed by atoms with Crippen LogP contribution in [0.5, 0.6) is 0 Å². The predicted molar refractivity (Wildman–Crippen MR) is 72.0 cm³/mol. The fraction of sp³-hybridized carbons (Fsp3) is 0.500. The van der Waals surface area contributed by atoms with Crippen molar-refractivity contribution in [2.45, 2.75) is 26.0 Å². The second kappa shape index (κ2) is 6.63. The van der Waals surface area contributed by atoms with Gasteiger partial charge < -0.3 is 10.4 Å². The fourth-order valence-corrected chi connectivity index (χ4v) is 1.82. The molecular formula is C14H21FN2O2. The van der Waals surface area contributed by atoms with Gasteiger partial charge in [-0.2, -0.15) is 0 Å². The number of amides is 1. The van der Waals surface area contributed by atoms with E-state index in [9.17, 15) is 14.3 Å². The second-order valence-electron chi connectivity index (χ2n) is 5.39. The van der Waals surface area contributed by atoms with Gasteiger partial charge in [0.15, 0.2) is 0 Å². The van der Waals surface area contributed by atoms with Gasteiger partial charge in [-0.1, -0.05) is 12.1 Å². The molecule has 0 radical (unpaired) electrons. The van der Waals surface area contributed by atoms with E-state index in [1.165, 1.54) is 12.1 Å². The van der Waals surface area contributed by atoms with E-state index >= 15 is 0 Å². The molecule has 19 heavy (non-hydrogen) atoms. The van der Waals surface area contributed by atoms with Crippen LogP contribution in [-0.4, -0.2) is 41.7 Å². The number of hydrogen-bond donors (Lipinski definition) is 2. The summed E-state index contributed by atoms with van der Waals surface area (Å²) in [7, 11) is 1.77. The van der Waals surface area contributed by atoms with E-state index in [0.717, 1.165) is 5.56 Å². The average Bonchev–Trinajstić information content (AvgIpc) is 2.25. The SMILES string of the molecule is CN(CC(=O)NCc1ccc(F)cc1)CC(C)(C)O. The van der Waals surface area contributed by atoms with Crippen molar-refractivity contribution in [3.05, 3.63) is 35.6 Å². The summed E-state index contributed by atoms with van der Waals surface area (Å²) in [6.07, 6.45) is 0. The Morgan fingerprint density at radius 1 is 1.37 bits per heavy atom. The lowest BCUT2D eigenvalue weighted by molar-refractivity contribution is -0.122. The first kappa shape index (κ1) is 15.6. The minimum atomic E-state index is -0.827. The number of carbonyl (C=O) groups is 1. The molecule has 106 valence electrons. The van der Waals surface area contributed by atoms with Gasteiger partial charge in [0.2, 0.25) is 5.91 Å². The lowest BCUT2D eigenvalue weighted by Gasteiger charge is -2.24. The summed E-state index contributed by atoms with van der Waals surface area (Å²) in [6, 6.07) is 6.00. The molecule has 0 aliphatic carbocycles. The molecular weight excluding hydrogens is 247 g/mol. The summed E-state index contributed by atoms with van der Waals surface area (Å²) in [5.74, 6) is -0.420. The molecule has 1 rings (SSSR count). The van der Waals surface area contributed by atoms with Crippen LogP contribution in [0.4, 0.5) is 4.39 Å². The fourth-order valence-electron chi connectivity index (χ4n) is 1.82. The highest BCUT2D eigenvalue weighted by atomic mass is 19.1. The van der Waals surface area contributed by atoms with Gasteiger partial charge in [-0.25, -0.2) is 4.39 Å². The maximum atomic E-state index is 12.7. The molecule has 0 spiro atoms. The topological polar surface area (TPSA) is 52.6 Å². The molecule has 0 saturated heterocycles. The van der Waals surface area contributed by atoms with Crippen LogP contribution in [0.25, 0.3) is 0 Å². The van der Waals surface area contributed by atoms with Crippen LogP contribution < -0.4 is 5.32 Å². The minimum absolute atomic E-state index is 0.129. The van der Waals surface area contributed by atoms with E-state index in [0.29, 0.717) is 13.1 Å².